The largest absolute Gasteiger partial charge is 0.415 e. The second kappa shape index (κ2) is 9.57. The molecular weight excluding hydrogens is 493 g/mol. The van der Waals surface area contributed by atoms with E-state index in [-0.39, 0.29) is 17.1 Å². The fraction of sp³-hybridized carbons (Fsp3) is 1.00. The van der Waals surface area contributed by atoms with E-state index in [0.717, 1.165) is 23.7 Å². The van der Waals surface area contributed by atoms with Gasteiger partial charge in [-0.15, -0.1) is 0 Å². The number of hydrogen-bond acceptors (Lipinski definition) is 3. The molecule has 4 aliphatic rings. The molecule has 4 aliphatic carbocycles. The van der Waals surface area contributed by atoms with Crippen LogP contribution in [0.2, 0.25) is 58.9 Å². The Morgan fingerprint density at radius 2 is 1.33 bits per heavy atom. The van der Waals surface area contributed by atoms with Crippen molar-refractivity contribution in [2.45, 2.75) is 155 Å². The van der Waals surface area contributed by atoms with Gasteiger partial charge in [-0.3, -0.25) is 0 Å². The third-order valence-corrected chi connectivity index (χ3v) is 14.1. The Labute approximate surface area is 227 Å². The van der Waals surface area contributed by atoms with E-state index in [9.17, 15) is 0 Å². The smallest absolute Gasteiger partial charge is 0.184 e. The van der Waals surface area contributed by atoms with E-state index in [2.05, 4.69) is 79.7 Å². The fourth-order valence-electron chi connectivity index (χ4n) is 9.95. The van der Waals surface area contributed by atoms with Crippen molar-refractivity contribution in [1.82, 2.24) is 0 Å². The van der Waals surface area contributed by atoms with Crippen LogP contribution in [0, 0.1) is 34.5 Å². The first-order valence-electron chi connectivity index (χ1n) is 15.4. The van der Waals surface area contributed by atoms with Crippen LogP contribution in [-0.4, -0.2) is 42.8 Å². The van der Waals surface area contributed by atoms with Crippen LogP contribution in [-0.2, 0) is 13.3 Å². The standard InChI is InChI=1S/C30H60O3Si3/c1-22(31-34(4,5)6)30(33-36(10,11)12)20-17-27-25-14-13-23-21-24(32-35(7,8)9)15-18-28(23,2)26(25)16-19-29(27,30)3/h22-27H,13-21H2,1-12H3/t22?,23-,24?,25?,26?,27?,28+,29+,30+/m1/s1. The zero-order valence-electron chi connectivity index (χ0n) is 26.1. The van der Waals surface area contributed by atoms with E-state index in [0.29, 0.717) is 11.5 Å². The highest BCUT2D eigenvalue weighted by atomic mass is 28.4. The maximum Gasteiger partial charge on any atom is 0.184 e. The summed E-state index contributed by atoms with van der Waals surface area (Å²) in [5.41, 5.74) is 0.623. The third kappa shape index (κ3) is 5.43. The molecule has 0 bridgehead atoms. The SMILES string of the molecule is CC(O[Si](C)(C)C)[C@@]1(O[Si](C)(C)C)CCC2C3CC[C@@H]4CC(O[Si](C)(C)C)CC[C@]4(C)C3CC[C@@]21C. The van der Waals surface area contributed by atoms with Gasteiger partial charge in [0, 0.05) is 11.5 Å². The molecule has 0 aromatic heterocycles. The van der Waals surface area contributed by atoms with Gasteiger partial charge in [-0.1, -0.05) is 13.8 Å². The predicted molar refractivity (Wildman–Crippen MR) is 161 cm³/mol. The molecule has 6 heteroatoms. The maximum absolute atomic E-state index is 7.36. The summed E-state index contributed by atoms with van der Waals surface area (Å²) < 4.78 is 20.9. The molecular formula is C30H60O3Si3. The van der Waals surface area contributed by atoms with Gasteiger partial charge in [0.25, 0.3) is 0 Å². The maximum atomic E-state index is 7.36. The summed E-state index contributed by atoms with van der Waals surface area (Å²) in [6, 6.07) is 0. The highest BCUT2D eigenvalue weighted by molar-refractivity contribution is 6.70. The number of fused-ring (bicyclic) bond motifs is 5. The average molecular weight is 553 g/mol. The van der Waals surface area contributed by atoms with Gasteiger partial charge in [-0.2, -0.15) is 0 Å². The van der Waals surface area contributed by atoms with Gasteiger partial charge in [-0.25, -0.2) is 0 Å². The van der Waals surface area contributed by atoms with Crippen molar-refractivity contribution in [2.75, 3.05) is 0 Å². The van der Waals surface area contributed by atoms with Crippen LogP contribution >= 0.6 is 0 Å². The molecule has 5 unspecified atom stereocenters. The van der Waals surface area contributed by atoms with Gasteiger partial charge >= 0.3 is 0 Å². The molecule has 0 aromatic rings. The van der Waals surface area contributed by atoms with Gasteiger partial charge < -0.3 is 13.3 Å². The van der Waals surface area contributed by atoms with Crippen LogP contribution < -0.4 is 0 Å². The summed E-state index contributed by atoms with van der Waals surface area (Å²) in [5.74, 6) is 3.40. The van der Waals surface area contributed by atoms with Gasteiger partial charge in [0.15, 0.2) is 25.0 Å². The Hall–Kier alpha value is 0.531. The molecule has 0 N–H and O–H groups in total. The summed E-state index contributed by atoms with van der Waals surface area (Å²) in [6.07, 6.45) is 12.8. The van der Waals surface area contributed by atoms with Crippen LogP contribution in [0.5, 0.6) is 0 Å². The lowest BCUT2D eigenvalue weighted by molar-refractivity contribution is -0.175. The van der Waals surface area contributed by atoms with Gasteiger partial charge in [0.05, 0.1) is 11.7 Å². The topological polar surface area (TPSA) is 27.7 Å². The summed E-state index contributed by atoms with van der Waals surface area (Å²) in [6.45, 7) is 29.0. The minimum atomic E-state index is -1.75. The number of rotatable bonds is 7. The third-order valence-electron chi connectivity index (χ3n) is 11.0. The van der Waals surface area contributed by atoms with Crippen LogP contribution in [0.3, 0.4) is 0 Å². The molecule has 4 saturated carbocycles. The molecule has 4 fully saturated rings. The van der Waals surface area contributed by atoms with E-state index in [1.54, 1.807) is 0 Å². The summed E-state index contributed by atoms with van der Waals surface area (Å²) >= 11 is 0. The second-order valence-electron chi connectivity index (χ2n) is 16.8. The van der Waals surface area contributed by atoms with Gasteiger partial charge in [-0.05, 0) is 153 Å². The van der Waals surface area contributed by atoms with Crippen molar-refractivity contribution in [1.29, 1.82) is 0 Å². The molecule has 0 saturated heterocycles. The first kappa shape index (κ1) is 29.5. The van der Waals surface area contributed by atoms with Crippen molar-refractivity contribution in [3.63, 3.8) is 0 Å². The van der Waals surface area contributed by atoms with E-state index < -0.39 is 25.0 Å². The minimum absolute atomic E-state index is 0.117. The lowest BCUT2D eigenvalue weighted by Gasteiger charge is -2.63. The summed E-state index contributed by atoms with van der Waals surface area (Å²) in [7, 11) is -4.88. The highest BCUT2D eigenvalue weighted by Gasteiger charge is 2.67. The molecule has 0 aromatic carbocycles. The molecule has 36 heavy (non-hydrogen) atoms. The average Bonchev–Trinajstić information content (AvgIpc) is 2.98. The van der Waals surface area contributed by atoms with Crippen LogP contribution in [0.25, 0.3) is 0 Å². The van der Waals surface area contributed by atoms with Crippen molar-refractivity contribution in [3.8, 4) is 0 Å². The fourth-order valence-corrected chi connectivity index (χ4v) is 14.0. The Bertz CT molecular complexity index is 799. The molecule has 3 nitrogen and oxygen atoms in total. The van der Waals surface area contributed by atoms with E-state index in [1.165, 1.54) is 57.8 Å². The molecule has 4 rings (SSSR count). The van der Waals surface area contributed by atoms with Crippen molar-refractivity contribution in [2.24, 2.45) is 34.5 Å². The molecule has 0 heterocycles. The molecule has 0 amide bonds. The molecule has 9 atom stereocenters. The lowest BCUT2D eigenvalue weighted by Crippen LogP contribution is -2.63. The first-order valence-corrected chi connectivity index (χ1v) is 25.6. The van der Waals surface area contributed by atoms with Crippen molar-refractivity contribution in [3.05, 3.63) is 0 Å². The van der Waals surface area contributed by atoms with Crippen LogP contribution in [0.1, 0.15) is 78.6 Å². The monoisotopic (exact) mass is 552 g/mol. The molecule has 0 aliphatic heterocycles. The zero-order valence-corrected chi connectivity index (χ0v) is 29.1. The Kier molecular flexibility index (Phi) is 7.85. The summed E-state index contributed by atoms with van der Waals surface area (Å²) in [5, 5.41) is 0. The highest BCUT2D eigenvalue weighted by Crippen LogP contribution is 2.70. The normalized spacial score (nSPS) is 44.5. The Morgan fingerprint density at radius 3 is 1.92 bits per heavy atom. The van der Waals surface area contributed by atoms with E-state index in [1.807, 2.05) is 0 Å². The van der Waals surface area contributed by atoms with E-state index >= 15 is 0 Å². The van der Waals surface area contributed by atoms with E-state index in [4.69, 9.17) is 13.3 Å². The van der Waals surface area contributed by atoms with Crippen LogP contribution in [0.15, 0.2) is 0 Å². The number of hydrogen-bond donors (Lipinski definition) is 0. The second-order valence-corrected chi connectivity index (χ2v) is 30.1. The quantitative estimate of drug-likeness (QED) is 0.295. The zero-order chi connectivity index (χ0) is 26.9. The summed E-state index contributed by atoms with van der Waals surface area (Å²) in [4.78, 5) is 0. The minimum Gasteiger partial charge on any atom is -0.415 e. The Morgan fingerprint density at radius 1 is 0.694 bits per heavy atom. The first-order chi connectivity index (χ1) is 16.3. The van der Waals surface area contributed by atoms with Gasteiger partial charge in [0.2, 0.25) is 0 Å². The molecule has 0 spiro atoms. The Balaban J connectivity index is 1.59. The molecule has 210 valence electrons. The van der Waals surface area contributed by atoms with Crippen molar-refractivity contribution >= 4 is 25.0 Å². The van der Waals surface area contributed by atoms with Gasteiger partial charge in [0.1, 0.15) is 0 Å². The lowest BCUT2D eigenvalue weighted by atomic mass is 9.44. The predicted octanol–water partition coefficient (Wildman–Crippen LogP) is 9.08. The van der Waals surface area contributed by atoms with Crippen molar-refractivity contribution < 1.29 is 13.3 Å². The molecule has 0 radical (unpaired) electrons. The van der Waals surface area contributed by atoms with Crippen LogP contribution in [0.4, 0.5) is 0 Å².